The molecule has 0 spiro atoms. The Bertz CT molecular complexity index is 1980. The molecular formula is C27H20ClF3N6O4S. The van der Waals surface area contributed by atoms with Crippen molar-refractivity contribution in [3.63, 3.8) is 0 Å². The lowest BCUT2D eigenvalue weighted by molar-refractivity contribution is -0.141. The molecule has 0 saturated carbocycles. The minimum Gasteiger partial charge on any atom is -0.481 e. The average molecular weight is 617 g/mol. The summed E-state index contributed by atoms with van der Waals surface area (Å²) >= 11 is 7.76. The SMILES string of the molecule is O=c1ccn(CC(F)(F)F)c(=O)n1Cc1cc2ncnc(-c3cc(Cl)cc4c3O[C@@H](c3onc5c3CNCC5)C4)c2s1. The van der Waals surface area contributed by atoms with Gasteiger partial charge in [0.2, 0.25) is 0 Å². The molecule has 7 rings (SSSR count). The van der Waals surface area contributed by atoms with Gasteiger partial charge in [0.25, 0.3) is 5.56 Å². The molecule has 0 aliphatic carbocycles. The molecule has 4 aromatic heterocycles. The van der Waals surface area contributed by atoms with Gasteiger partial charge < -0.3 is 14.6 Å². The van der Waals surface area contributed by atoms with Crippen LogP contribution in [0.1, 0.15) is 33.6 Å². The number of hydrogen-bond acceptors (Lipinski definition) is 9. The summed E-state index contributed by atoms with van der Waals surface area (Å²) in [5.74, 6) is 1.27. The van der Waals surface area contributed by atoms with Crippen LogP contribution in [-0.4, -0.2) is 37.0 Å². The van der Waals surface area contributed by atoms with Crippen molar-refractivity contribution < 1.29 is 22.4 Å². The Labute approximate surface area is 243 Å². The number of benzene rings is 1. The lowest BCUT2D eigenvalue weighted by atomic mass is 10.0. The van der Waals surface area contributed by atoms with Gasteiger partial charge in [-0.25, -0.2) is 14.8 Å². The largest absolute Gasteiger partial charge is 0.481 e. The van der Waals surface area contributed by atoms with Crippen LogP contribution in [-0.2, 0) is 32.5 Å². The number of rotatable bonds is 5. The highest BCUT2D eigenvalue weighted by Gasteiger charge is 2.35. The van der Waals surface area contributed by atoms with Gasteiger partial charge in [0.05, 0.1) is 28.1 Å². The Balaban J connectivity index is 1.25. The molecule has 0 amide bonds. The van der Waals surface area contributed by atoms with Crippen LogP contribution in [0.3, 0.4) is 0 Å². The monoisotopic (exact) mass is 616 g/mol. The van der Waals surface area contributed by atoms with Crippen molar-refractivity contribution in [3.8, 4) is 17.0 Å². The van der Waals surface area contributed by atoms with Crippen molar-refractivity contribution in [2.24, 2.45) is 0 Å². The van der Waals surface area contributed by atoms with Crippen LogP contribution in [0.2, 0.25) is 5.02 Å². The molecule has 10 nitrogen and oxygen atoms in total. The van der Waals surface area contributed by atoms with Gasteiger partial charge in [0.15, 0.2) is 11.9 Å². The number of thiophene rings is 1. The molecule has 42 heavy (non-hydrogen) atoms. The Morgan fingerprint density at radius 3 is 2.88 bits per heavy atom. The molecule has 1 N–H and O–H groups in total. The Kier molecular flexibility index (Phi) is 6.44. The van der Waals surface area contributed by atoms with Gasteiger partial charge in [0.1, 0.15) is 18.6 Å². The first-order valence-electron chi connectivity index (χ1n) is 12.9. The topological polar surface area (TPSA) is 117 Å². The number of ether oxygens (including phenoxy) is 1. The minimum absolute atomic E-state index is 0.228. The maximum absolute atomic E-state index is 12.9. The van der Waals surface area contributed by atoms with Crippen LogP contribution in [0.15, 0.2) is 50.9 Å². The second kappa shape index (κ2) is 10.1. The predicted octanol–water partition coefficient (Wildman–Crippen LogP) is 4.26. The smallest absolute Gasteiger partial charge is 0.406 e. The molecule has 0 bridgehead atoms. The van der Waals surface area contributed by atoms with E-state index < -0.39 is 30.1 Å². The number of halogens is 4. The Morgan fingerprint density at radius 2 is 2.05 bits per heavy atom. The van der Waals surface area contributed by atoms with E-state index in [-0.39, 0.29) is 6.54 Å². The van der Waals surface area contributed by atoms with Gasteiger partial charge in [-0.1, -0.05) is 16.8 Å². The van der Waals surface area contributed by atoms with Gasteiger partial charge in [-0.15, -0.1) is 11.3 Å². The van der Waals surface area contributed by atoms with E-state index in [0.717, 1.165) is 46.6 Å². The summed E-state index contributed by atoms with van der Waals surface area (Å²) in [4.78, 5) is 34.6. The van der Waals surface area contributed by atoms with Gasteiger partial charge in [-0.3, -0.25) is 13.9 Å². The molecule has 216 valence electrons. The molecule has 0 fully saturated rings. The van der Waals surface area contributed by atoms with Crippen molar-refractivity contribution in [2.45, 2.75) is 44.8 Å². The Morgan fingerprint density at radius 1 is 1.19 bits per heavy atom. The molecule has 2 aliphatic rings. The molecule has 6 heterocycles. The van der Waals surface area contributed by atoms with E-state index in [1.807, 2.05) is 6.07 Å². The fourth-order valence-electron chi connectivity index (χ4n) is 5.41. The van der Waals surface area contributed by atoms with Gasteiger partial charge >= 0.3 is 11.9 Å². The standard InChI is InChI=1S/C27H20ClF3N6O4S/c28-14-5-13-6-20(24-17-9-32-3-1-18(17)35-41-24)40-23(13)16(7-14)22-25-19(33-12-34-22)8-15(42-25)10-37-21(38)2-4-36(26(37)39)11-27(29,30)31/h2,4-5,7-8,12,20,32H,1,3,6,9-11H2/t20-/m1/s1. The molecule has 1 aromatic carbocycles. The van der Waals surface area contributed by atoms with Crippen LogP contribution in [0.4, 0.5) is 13.2 Å². The number of alkyl halides is 3. The number of nitrogens with zero attached hydrogens (tertiary/aromatic N) is 5. The highest BCUT2D eigenvalue weighted by molar-refractivity contribution is 7.19. The predicted molar refractivity (Wildman–Crippen MR) is 147 cm³/mol. The number of hydrogen-bond donors (Lipinski definition) is 1. The second-order valence-electron chi connectivity index (χ2n) is 10.1. The van der Waals surface area contributed by atoms with Gasteiger partial charge in [-0.2, -0.15) is 13.2 Å². The zero-order valence-electron chi connectivity index (χ0n) is 21.6. The summed E-state index contributed by atoms with van der Waals surface area (Å²) in [5.41, 5.74) is 2.75. The molecule has 5 aromatic rings. The van der Waals surface area contributed by atoms with Crippen molar-refractivity contribution in [1.29, 1.82) is 0 Å². The maximum Gasteiger partial charge on any atom is 0.406 e. The van der Waals surface area contributed by atoms with E-state index in [1.54, 1.807) is 12.1 Å². The number of nitrogens with one attached hydrogen (secondary N) is 1. The van der Waals surface area contributed by atoms with E-state index in [0.29, 0.717) is 60.4 Å². The zero-order valence-corrected chi connectivity index (χ0v) is 23.1. The highest BCUT2D eigenvalue weighted by Crippen LogP contribution is 2.47. The summed E-state index contributed by atoms with van der Waals surface area (Å²) in [5, 5.41) is 8.05. The first kappa shape index (κ1) is 26.9. The Hall–Kier alpha value is -4.01. The fourth-order valence-corrected chi connectivity index (χ4v) is 6.75. The first-order valence-corrected chi connectivity index (χ1v) is 14.1. The third-order valence-corrected chi connectivity index (χ3v) is 8.58. The van der Waals surface area contributed by atoms with Crippen molar-refractivity contribution in [3.05, 3.63) is 90.1 Å². The van der Waals surface area contributed by atoms with Crippen LogP contribution in [0.5, 0.6) is 5.75 Å². The summed E-state index contributed by atoms with van der Waals surface area (Å²) in [7, 11) is 0. The maximum atomic E-state index is 12.9. The van der Waals surface area contributed by atoms with E-state index >= 15 is 0 Å². The van der Waals surface area contributed by atoms with Crippen LogP contribution < -0.4 is 21.3 Å². The van der Waals surface area contributed by atoms with Crippen LogP contribution in [0.25, 0.3) is 21.5 Å². The summed E-state index contributed by atoms with van der Waals surface area (Å²) in [6.45, 7) is -0.246. The lowest BCUT2D eigenvalue weighted by Gasteiger charge is -2.14. The molecule has 2 aliphatic heterocycles. The van der Waals surface area contributed by atoms with Crippen molar-refractivity contribution in [1.82, 2.24) is 29.6 Å². The van der Waals surface area contributed by atoms with Crippen molar-refractivity contribution >= 4 is 33.2 Å². The average Bonchev–Trinajstić information content (AvgIpc) is 3.67. The third-order valence-electron chi connectivity index (χ3n) is 7.25. The fraction of sp³-hybridized carbons (Fsp3) is 0.296. The summed E-state index contributed by atoms with van der Waals surface area (Å²) < 4.78 is 52.8. The van der Waals surface area contributed by atoms with E-state index in [9.17, 15) is 22.8 Å². The number of aromatic nitrogens is 5. The molecule has 15 heteroatoms. The van der Waals surface area contributed by atoms with Crippen molar-refractivity contribution in [2.75, 3.05) is 6.54 Å². The van der Waals surface area contributed by atoms with Gasteiger partial charge in [0, 0.05) is 64.8 Å². The minimum atomic E-state index is -4.61. The summed E-state index contributed by atoms with van der Waals surface area (Å²) in [6.07, 6.45) is -1.47. The van der Waals surface area contributed by atoms with E-state index in [4.69, 9.17) is 20.9 Å². The van der Waals surface area contributed by atoms with E-state index in [1.165, 1.54) is 17.7 Å². The normalized spacial score (nSPS) is 16.4. The molecular weight excluding hydrogens is 597 g/mol. The lowest BCUT2D eigenvalue weighted by Crippen LogP contribution is -2.41. The van der Waals surface area contributed by atoms with Crippen LogP contribution in [0, 0.1) is 0 Å². The molecule has 0 saturated heterocycles. The van der Waals surface area contributed by atoms with E-state index in [2.05, 4.69) is 20.4 Å². The zero-order chi connectivity index (χ0) is 29.2. The second-order valence-corrected chi connectivity index (χ2v) is 11.6. The summed E-state index contributed by atoms with van der Waals surface area (Å²) in [6, 6.07) is 6.21. The molecule has 1 atom stereocenters. The third kappa shape index (κ3) is 4.78. The first-order chi connectivity index (χ1) is 20.1. The molecule has 0 unspecified atom stereocenters. The van der Waals surface area contributed by atoms with Gasteiger partial charge in [-0.05, 0) is 18.2 Å². The molecule has 0 radical (unpaired) electrons. The van der Waals surface area contributed by atoms with Crippen LogP contribution >= 0.6 is 22.9 Å². The quantitative estimate of drug-likeness (QED) is 0.311. The highest BCUT2D eigenvalue weighted by atomic mass is 35.5. The number of fused-ring (bicyclic) bond motifs is 3.